The van der Waals surface area contributed by atoms with E-state index in [-0.39, 0.29) is 23.7 Å². The highest BCUT2D eigenvalue weighted by Gasteiger charge is 2.18. The Hall–Kier alpha value is -2.48. The first-order chi connectivity index (χ1) is 12.0. The lowest BCUT2D eigenvalue weighted by Crippen LogP contribution is -2.23. The van der Waals surface area contributed by atoms with Gasteiger partial charge < -0.3 is 20.6 Å². The summed E-state index contributed by atoms with van der Waals surface area (Å²) in [5.74, 6) is -1.11. The van der Waals surface area contributed by atoms with Crippen LogP contribution >= 0.6 is 11.6 Å². The van der Waals surface area contributed by atoms with Gasteiger partial charge in [-0.05, 0) is 12.1 Å². The predicted molar refractivity (Wildman–Crippen MR) is 93.2 cm³/mol. The molecule has 0 aliphatic heterocycles. The minimum absolute atomic E-state index is 0.0926. The van der Waals surface area contributed by atoms with Gasteiger partial charge in [0.2, 0.25) is 0 Å². The van der Waals surface area contributed by atoms with Crippen molar-refractivity contribution < 1.29 is 19.7 Å². The number of rotatable bonds is 5. The molecule has 0 fully saturated rings. The highest BCUT2D eigenvalue weighted by atomic mass is 35.5. The molecule has 0 amide bonds. The lowest BCUT2D eigenvalue weighted by molar-refractivity contribution is 0.105. The summed E-state index contributed by atoms with van der Waals surface area (Å²) in [5.41, 5.74) is 0.476. The minimum atomic E-state index is -0.936. The third-order valence-electron chi connectivity index (χ3n) is 3.73. The molecule has 0 saturated carbocycles. The number of hydrogen-bond donors (Lipinski definition) is 4. The van der Waals surface area contributed by atoms with Gasteiger partial charge in [-0.3, -0.25) is 0 Å². The minimum Gasteiger partial charge on any atom is -0.504 e. The summed E-state index contributed by atoms with van der Waals surface area (Å²) in [7, 11) is 0. The van der Waals surface area contributed by atoms with E-state index < -0.39 is 17.7 Å². The number of aromatic nitrogens is 2. The number of aliphatic hydroxyl groups is 2. The van der Waals surface area contributed by atoms with Crippen LogP contribution in [-0.4, -0.2) is 44.8 Å². The number of anilines is 1. The van der Waals surface area contributed by atoms with Crippen LogP contribution in [0.2, 0.25) is 5.02 Å². The zero-order valence-electron chi connectivity index (χ0n) is 12.9. The fourth-order valence-corrected chi connectivity index (χ4v) is 2.60. The number of nitrogens with one attached hydrogen (secondary N) is 1. The number of benzene rings is 2. The first-order valence-electron chi connectivity index (χ1n) is 7.48. The Balaban J connectivity index is 2.11. The Bertz CT molecular complexity index is 923. The average Bonchev–Trinajstić information content (AvgIpc) is 2.64. The zero-order valence-corrected chi connectivity index (χ0v) is 13.7. The molecule has 8 heteroatoms. The third-order valence-corrected chi connectivity index (χ3v) is 4.02. The summed E-state index contributed by atoms with van der Waals surface area (Å²) in [5, 5.41) is 40.6. The number of aromatic hydroxyl groups is 1. The molecule has 0 aliphatic carbocycles. The van der Waals surface area contributed by atoms with Crippen LogP contribution in [0.15, 0.2) is 36.4 Å². The van der Waals surface area contributed by atoms with Crippen LogP contribution in [0.3, 0.4) is 0 Å². The average molecular weight is 364 g/mol. The van der Waals surface area contributed by atoms with Crippen LogP contribution in [0.1, 0.15) is 0 Å². The molecule has 3 aromatic rings. The van der Waals surface area contributed by atoms with E-state index in [0.29, 0.717) is 22.3 Å². The monoisotopic (exact) mass is 363 g/mol. The second kappa shape index (κ2) is 7.18. The van der Waals surface area contributed by atoms with Crippen LogP contribution in [0, 0.1) is 5.82 Å². The molecule has 1 heterocycles. The van der Waals surface area contributed by atoms with Crippen molar-refractivity contribution in [3.8, 4) is 17.0 Å². The Morgan fingerprint density at radius 3 is 2.56 bits per heavy atom. The molecule has 130 valence electrons. The van der Waals surface area contributed by atoms with Gasteiger partial charge in [0.25, 0.3) is 0 Å². The zero-order chi connectivity index (χ0) is 18.0. The number of nitrogens with zero attached hydrogens (tertiary/aromatic N) is 2. The van der Waals surface area contributed by atoms with Gasteiger partial charge in [0.1, 0.15) is 5.69 Å². The molecular formula is C17H15ClFN3O3. The summed E-state index contributed by atoms with van der Waals surface area (Å²) >= 11 is 5.68. The van der Waals surface area contributed by atoms with E-state index in [1.54, 1.807) is 24.3 Å². The SMILES string of the molecule is OCC(O)CNc1nnc(-c2ccc(Cl)c(F)c2O)c2ccccc12. The van der Waals surface area contributed by atoms with Crippen molar-refractivity contribution in [3.63, 3.8) is 0 Å². The van der Waals surface area contributed by atoms with Crippen molar-refractivity contribution in [2.75, 3.05) is 18.5 Å². The van der Waals surface area contributed by atoms with E-state index in [4.69, 9.17) is 16.7 Å². The van der Waals surface area contributed by atoms with Crippen LogP contribution in [0.4, 0.5) is 10.2 Å². The summed E-state index contributed by atoms with van der Waals surface area (Å²) in [6.45, 7) is -0.288. The highest BCUT2D eigenvalue weighted by molar-refractivity contribution is 6.31. The molecule has 0 spiro atoms. The van der Waals surface area contributed by atoms with E-state index in [1.165, 1.54) is 12.1 Å². The van der Waals surface area contributed by atoms with Crippen LogP contribution < -0.4 is 5.32 Å². The van der Waals surface area contributed by atoms with Crippen molar-refractivity contribution in [3.05, 3.63) is 47.2 Å². The number of aliphatic hydroxyl groups excluding tert-OH is 2. The molecule has 1 unspecified atom stereocenters. The van der Waals surface area contributed by atoms with Crippen molar-refractivity contribution in [1.82, 2.24) is 10.2 Å². The number of phenolic OH excluding ortho intramolecular Hbond substituents is 1. The van der Waals surface area contributed by atoms with Crippen molar-refractivity contribution in [2.24, 2.45) is 0 Å². The predicted octanol–water partition coefficient (Wildman–Crippen LogP) is 2.56. The standard InChI is InChI=1S/C17H15ClFN3O3/c18-13-6-5-12(16(25)14(13)19)15-10-3-1-2-4-11(10)17(22-21-15)20-7-9(24)8-23/h1-6,9,23-25H,7-8H2,(H,20,22). The van der Waals surface area contributed by atoms with Gasteiger partial charge in [-0.25, -0.2) is 4.39 Å². The second-order valence-corrected chi connectivity index (χ2v) is 5.82. The molecule has 0 aliphatic rings. The molecule has 1 atom stereocenters. The fraction of sp³-hybridized carbons (Fsp3) is 0.176. The maximum Gasteiger partial charge on any atom is 0.184 e. The van der Waals surface area contributed by atoms with Gasteiger partial charge in [-0.15, -0.1) is 10.2 Å². The highest BCUT2D eigenvalue weighted by Crippen LogP contribution is 2.37. The molecule has 0 radical (unpaired) electrons. The first-order valence-corrected chi connectivity index (χ1v) is 7.86. The van der Waals surface area contributed by atoms with E-state index in [0.717, 1.165) is 0 Å². The number of fused-ring (bicyclic) bond motifs is 1. The Morgan fingerprint density at radius 2 is 1.84 bits per heavy atom. The molecular weight excluding hydrogens is 349 g/mol. The largest absolute Gasteiger partial charge is 0.504 e. The molecule has 2 aromatic carbocycles. The van der Waals surface area contributed by atoms with Gasteiger partial charge in [0, 0.05) is 22.9 Å². The van der Waals surface area contributed by atoms with Gasteiger partial charge in [-0.2, -0.15) is 0 Å². The van der Waals surface area contributed by atoms with Crippen LogP contribution in [0.5, 0.6) is 5.75 Å². The van der Waals surface area contributed by atoms with Crippen molar-refractivity contribution in [1.29, 1.82) is 0 Å². The molecule has 0 bridgehead atoms. The third kappa shape index (κ3) is 3.34. The quantitative estimate of drug-likeness (QED) is 0.556. The van der Waals surface area contributed by atoms with Crippen LogP contribution in [-0.2, 0) is 0 Å². The maximum absolute atomic E-state index is 13.9. The van der Waals surface area contributed by atoms with Crippen LogP contribution in [0.25, 0.3) is 22.0 Å². The van der Waals surface area contributed by atoms with Gasteiger partial charge >= 0.3 is 0 Å². The van der Waals surface area contributed by atoms with E-state index in [2.05, 4.69) is 15.5 Å². The maximum atomic E-state index is 13.9. The summed E-state index contributed by atoms with van der Waals surface area (Å²) in [4.78, 5) is 0. The summed E-state index contributed by atoms with van der Waals surface area (Å²) < 4.78 is 13.9. The first kappa shape index (κ1) is 17.3. The summed E-state index contributed by atoms with van der Waals surface area (Å²) in [6.07, 6.45) is -0.936. The molecule has 1 aromatic heterocycles. The Morgan fingerprint density at radius 1 is 1.12 bits per heavy atom. The lowest BCUT2D eigenvalue weighted by Gasteiger charge is -2.13. The lowest BCUT2D eigenvalue weighted by atomic mass is 10.0. The fourth-order valence-electron chi connectivity index (χ4n) is 2.44. The van der Waals surface area contributed by atoms with Crippen molar-refractivity contribution >= 4 is 28.2 Å². The molecule has 4 N–H and O–H groups in total. The van der Waals surface area contributed by atoms with Gasteiger partial charge in [0.05, 0.1) is 17.7 Å². The van der Waals surface area contributed by atoms with Gasteiger partial charge in [-0.1, -0.05) is 35.9 Å². The molecule has 6 nitrogen and oxygen atoms in total. The summed E-state index contributed by atoms with van der Waals surface area (Å²) in [6, 6.07) is 9.93. The topological polar surface area (TPSA) is 98.5 Å². The molecule has 25 heavy (non-hydrogen) atoms. The number of halogens is 2. The number of hydrogen-bond acceptors (Lipinski definition) is 6. The number of phenols is 1. The Labute approximate surface area is 147 Å². The molecule has 3 rings (SSSR count). The van der Waals surface area contributed by atoms with Gasteiger partial charge in [0.15, 0.2) is 17.4 Å². The Kier molecular flexibility index (Phi) is 4.98. The van der Waals surface area contributed by atoms with E-state index >= 15 is 0 Å². The normalized spacial score (nSPS) is 12.3. The van der Waals surface area contributed by atoms with E-state index in [9.17, 15) is 14.6 Å². The van der Waals surface area contributed by atoms with Crippen molar-refractivity contribution in [2.45, 2.75) is 6.10 Å². The second-order valence-electron chi connectivity index (χ2n) is 5.42. The molecule has 0 saturated heterocycles. The smallest absolute Gasteiger partial charge is 0.184 e. The van der Waals surface area contributed by atoms with E-state index in [1.807, 2.05) is 0 Å².